The third-order valence-electron chi connectivity index (χ3n) is 4.11. The first-order valence-electron chi connectivity index (χ1n) is 7.57. The van der Waals surface area contributed by atoms with E-state index in [1.807, 2.05) is 31.2 Å². The Morgan fingerprint density at radius 2 is 1.43 bits per heavy atom. The lowest BCUT2D eigenvalue weighted by Crippen LogP contribution is -2.48. The maximum absolute atomic E-state index is 12.7. The van der Waals surface area contributed by atoms with Crippen molar-refractivity contribution in [2.45, 2.75) is 11.8 Å². The second-order valence-corrected chi connectivity index (χ2v) is 7.66. The molecule has 3 rings (SSSR count). The van der Waals surface area contributed by atoms with Gasteiger partial charge in [0.1, 0.15) is 5.75 Å². The summed E-state index contributed by atoms with van der Waals surface area (Å²) in [5.41, 5.74) is 2.04. The Bertz CT molecular complexity index is 762. The van der Waals surface area contributed by atoms with Crippen LogP contribution in [0.5, 0.6) is 5.75 Å². The Labute approximate surface area is 136 Å². The van der Waals surface area contributed by atoms with Gasteiger partial charge in [0.05, 0.1) is 4.90 Å². The average Bonchev–Trinajstić information content (AvgIpc) is 2.56. The van der Waals surface area contributed by atoms with Gasteiger partial charge >= 0.3 is 0 Å². The molecule has 1 heterocycles. The van der Waals surface area contributed by atoms with E-state index in [2.05, 4.69) is 4.90 Å². The topological polar surface area (TPSA) is 60.9 Å². The predicted octanol–water partition coefficient (Wildman–Crippen LogP) is 2.21. The van der Waals surface area contributed by atoms with Crippen molar-refractivity contribution in [3.8, 4) is 5.75 Å². The smallest absolute Gasteiger partial charge is 0.243 e. The monoisotopic (exact) mass is 332 g/mol. The molecule has 1 N–H and O–H groups in total. The zero-order valence-electron chi connectivity index (χ0n) is 13.0. The lowest BCUT2D eigenvalue weighted by molar-refractivity contribution is 0.385. The summed E-state index contributed by atoms with van der Waals surface area (Å²) in [6.45, 7) is 4.12. The van der Waals surface area contributed by atoms with E-state index in [1.54, 1.807) is 24.3 Å². The van der Waals surface area contributed by atoms with E-state index >= 15 is 0 Å². The number of phenols is 1. The molecule has 0 aliphatic carbocycles. The number of anilines is 1. The van der Waals surface area contributed by atoms with Crippen molar-refractivity contribution in [2.75, 3.05) is 31.1 Å². The van der Waals surface area contributed by atoms with Crippen LogP contribution in [0.3, 0.4) is 0 Å². The maximum Gasteiger partial charge on any atom is 0.243 e. The number of piperazine rings is 1. The van der Waals surface area contributed by atoms with Crippen molar-refractivity contribution >= 4 is 15.7 Å². The molecular formula is C17H20N2O3S. The number of aryl methyl sites for hydroxylation is 1. The highest BCUT2D eigenvalue weighted by atomic mass is 32.2. The summed E-state index contributed by atoms with van der Waals surface area (Å²) in [6.07, 6.45) is 0. The number of nitrogens with zero attached hydrogens (tertiary/aromatic N) is 2. The van der Waals surface area contributed by atoms with E-state index in [4.69, 9.17) is 0 Å². The molecule has 2 aromatic rings. The molecule has 1 saturated heterocycles. The summed E-state index contributed by atoms with van der Waals surface area (Å²) in [5.74, 6) is 0.231. The Hall–Kier alpha value is -2.05. The number of hydrogen-bond acceptors (Lipinski definition) is 4. The molecular weight excluding hydrogens is 312 g/mol. The molecule has 0 spiro atoms. The number of phenolic OH excluding ortho intramolecular Hbond substituents is 1. The largest absolute Gasteiger partial charge is 0.508 e. The molecule has 0 atom stereocenters. The van der Waals surface area contributed by atoms with E-state index in [9.17, 15) is 13.5 Å². The number of sulfonamides is 1. The minimum Gasteiger partial charge on any atom is -0.508 e. The quantitative estimate of drug-likeness (QED) is 0.936. The van der Waals surface area contributed by atoms with E-state index in [-0.39, 0.29) is 5.75 Å². The van der Waals surface area contributed by atoms with Gasteiger partial charge in [0, 0.05) is 31.9 Å². The van der Waals surface area contributed by atoms with Crippen LogP contribution in [0, 0.1) is 6.92 Å². The summed E-state index contributed by atoms with van der Waals surface area (Å²) in [4.78, 5) is 2.47. The van der Waals surface area contributed by atoms with Gasteiger partial charge in [-0.2, -0.15) is 4.31 Å². The van der Waals surface area contributed by atoms with Gasteiger partial charge in [0.25, 0.3) is 0 Å². The van der Waals surface area contributed by atoms with Crippen LogP contribution in [-0.2, 0) is 10.0 Å². The van der Waals surface area contributed by atoms with Crippen LogP contribution in [0.15, 0.2) is 53.4 Å². The van der Waals surface area contributed by atoms with Gasteiger partial charge in [-0.3, -0.25) is 0 Å². The third kappa shape index (κ3) is 3.33. The predicted molar refractivity (Wildman–Crippen MR) is 90.3 cm³/mol. The van der Waals surface area contributed by atoms with Gasteiger partial charge in [-0.15, -0.1) is 0 Å². The molecule has 2 aromatic carbocycles. The molecule has 0 bridgehead atoms. The summed E-state index contributed by atoms with van der Waals surface area (Å²) < 4.78 is 26.9. The zero-order valence-corrected chi connectivity index (χ0v) is 13.8. The van der Waals surface area contributed by atoms with Gasteiger partial charge in [-0.1, -0.05) is 17.7 Å². The highest BCUT2D eigenvalue weighted by Crippen LogP contribution is 2.22. The first-order valence-corrected chi connectivity index (χ1v) is 9.01. The lowest BCUT2D eigenvalue weighted by Gasteiger charge is -2.35. The van der Waals surface area contributed by atoms with Crippen LogP contribution in [-0.4, -0.2) is 44.0 Å². The second-order valence-electron chi connectivity index (χ2n) is 5.72. The molecule has 0 radical (unpaired) electrons. The molecule has 0 saturated carbocycles. The van der Waals surface area contributed by atoms with Crippen molar-refractivity contribution in [2.24, 2.45) is 0 Å². The third-order valence-corrected chi connectivity index (χ3v) is 6.03. The van der Waals surface area contributed by atoms with Crippen LogP contribution in [0.2, 0.25) is 0 Å². The highest BCUT2D eigenvalue weighted by Gasteiger charge is 2.28. The standard InChI is InChI=1S/C17H20N2O3S/c1-14-2-8-17(9-3-14)23(21,22)19-12-10-18(11-13-19)15-4-6-16(20)7-5-15/h2-9,20H,10-13H2,1H3. The maximum atomic E-state index is 12.7. The van der Waals surface area contributed by atoms with Gasteiger partial charge in [0.2, 0.25) is 10.0 Å². The Balaban J connectivity index is 1.70. The van der Waals surface area contributed by atoms with Crippen molar-refractivity contribution in [3.05, 3.63) is 54.1 Å². The van der Waals surface area contributed by atoms with Crippen LogP contribution in [0.4, 0.5) is 5.69 Å². The minimum atomic E-state index is -3.42. The fraction of sp³-hybridized carbons (Fsp3) is 0.294. The molecule has 0 unspecified atom stereocenters. The number of aromatic hydroxyl groups is 1. The van der Waals surface area contributed by atoms with Gasteiger partial charge < -0.3 is 10.0 Å². The molecule has 122 valence electrons. The normalized spacial score (nSPS) is 16.5. The van der Waals surface area contributed by atoms with E-state index in [0.717, 1.165) is 11.3 Å². The first kappa shape index (κ1) is 15.8. The second kappa shape index (κ2) is 6.22. The number of benzene rings is 2. The molecule has 1 fully saturated rings. The molecule has 0 amide bonds. The molecule has 1 aliphatic rings. The van der Waals surface area contributed by atoms with Crippen molar-refractivity contribution in [1.29, 1.82) is 0 Å². The molecule has 0 aromatic heterocycles. The van der Waals surface area contributed by atoms with Crippen molar-refractivity contribution < 1.29 is 13.5 Å². The lowest BCUT2D eigenvalue weighted by atomic mass is 10.2. The summed E-state index contributed by atoms with van der Waals surface area (Å²) in [5, 5.41) is 9.34. The molecule has 1 aliphatic heterocycles. The van der Waals surface area contributed by atoms with Crippen LogP contribution in [0.25, 0.3) is 0 Å². The molecule has 5 nitrogen and oxygen atoms in total. The first-order chi connectivity index (χ1) is 11.0. The van der Waals surface area contributed by atoms with Gasteiger partial charge in [-0.05, 0) is 43.3 Å². The Morgan fingerprint density at radius 1 is 0.870 bits per heavy atom. The molecule has 23 heavy (non-hydrogen) atoms. The van der Waals surface area contributed by atoms with Crippen molar-refractivity contribution in [3.63, 3.8) is 0 Å². The SMILES string of the molecule is Cc1ccc(S(=O)(=O)N2CCN(c3ccc(O)cc3)CC2)cc1. The summed E-state index contributed by atoms with van der Waals surface area (Å²) >= 11 is 0. The minimum absolute atomic E-state index is 0.231. The van der Waals surface area contributed by atoms with Crippen LogP contribution >= 0.6 is 0 Å². The summed E-state index contributed by atoms with van der Waals surface area (Å²) in [6, 6.07) is 13.9. The highest BCUT2D eigenvalue weighted by molar-refractivity contribution is 7.89. The number of hydrogen-bond donors (Lipinski definition) is 1. The Morgan fingerprint density at radius 3 is 2.00 bits per heavy atom. The van der Waals surface area contributed by atoms with E-state index < -0.39 is 10.0 Å². The number of rotatable bonds is 3. The van der Waals surface area contributed by atoms with Crippen molar-refractivity contribution in [1.82, 2.24) is 4.31 Å². The van der Waals surface area contributed by atoms with Gasteiger partial charge in [0.15, 0.2) is 0 Å². The Kier molecular flexibility index (Phi) is 4.28. The zero-order chi connectivity index (χ0) is 16.4. The van der Waals surface area contributed by atoms with Crippen LogP contribution in [0.1, 0.15) is 5.56 Å². The van der Waals surface area contributed by atoms with E-state index in [1.165, 1.54) is 4.31 Å². The average molecular weight is 332 g/mol. The van der Waals surface area contributed by atoms with Crippen LogP contribution < -0.4 is 4.90 Å². The molecule has 6 heteroatoms. The van der Waals surface area contributed by atoms with E-state index in [0.29, 0.717) is 31.1 Å². The summed E-state index contributed by atoms with van der Waals surface area (Å²) in [7, 11) is -3.42. The fourth-order valence-electron chi connectivity index (χ4n) is 2.71. The fourth-order valence-corrected chi connectivity index (χ4v) is 4.13. The van der Waals surface area contributed by atoms with Gasteiger partial charge in [-0.25, -0.2) is 8.42 Å².